The summed E-state index contributed by atoms with van der Waals surface area (Å²) in [4.78, 5) is 13.9. The molecular weight excluding hydrogens is 294 g/mol. The third kappa shape index (κ3) is 3.24. The van der Waals surface area contributed by atoms with E-state index in [1.54, 1.807) is 12.3 Å². The molecule has 0 radical (unpaired) electrons. The zero-order valence-corrected chi connectivity index (χ0v) is 13.5. The first-order valence-electron chi connectivity index (χ1n) is 8.02. The molecule has 3 rings (SSSR count). The average Bonchev–Trinajstić information content (AvgIpc) is 3.02. The van der Waals surface area contributed by atoms with Crippen molar-refractivity contribution in [3.63, 3.8) is 0 Å². The summed E-state index contributed by atoms with van der Waals surface area (Å²) in [6.45, 7) is 7.88. The lowest BCUT2D eigenvalue weighted by atomic mass is 10.1. The zero-order chi connectivity index (χ0) is 16.2. The fourth-order valence-electron chi connectivity index (χ4n) is 2.74. The smallest absolute Gasteiger partial charge is 0.336 e. The Morgan fingerprint density at radius 3 is 2.65 bits per heavy atom. The maximum atomic E-state index is 11.5. The molecule has 0 atom stereocenters. The Labute approximate surface area is 134 Å². The van der Waals surface area contributed by atoms with Crippen molar-refractivity contribution >= 4 is 21.9 Å². The molecule has 0 aliphatic carbocycles. The van der Waals surface area contributed by atoms with Crippen molar-refractivity contribution in [2.45, 2.75) is 20.3 Å². The zero-order valence-electron chi connectivity index (χ0n) is 13.5. The Bertz CT molecular complexity index is 845. The predicted octanol–water partition coefficient (Wildman–Crippen LogP) is 3.65. The second kappa shape index (κ2) is 6.87. The van der Waals surface area contributed by atoms with Crippen molar-refractivity contribution in [2.24, 2.45) is 0 Å². The predicted molar refractivity (Wildman–Crippen MR) is 90.2 cm³/mol. The molecule has 2 aromatic heterocycles. The molecule has 0 aliphatic rings. The lowest BCUT2D eigenvalue weighted by molar-refractivity contribution is 0.249. The van der Waals surface area contributed by atoms with Gasteiger partial charge in [0.2, 0.25) is 5.75 Å². The minimum Gasteiger partial charge on any atom is -0.486 e. The highest BCUT2D eigenvalue weighted by molar-refractivity contribution is 5.99. The number of rotatable bonds is 7. The minimum absolute atomic E-state index is 0.392. The van der Waals surface area contributed by atoms with Gasteiger partial charge in [-0.25, -0.2) is 4.79 Å². The summed E-state index contributed by atoms with van der Waals surface area (Å²) in [5, 5.41) is 1.77. The number of furan rings is 1. The van der Waals surface area contributed by atoms with Crippen LogP contribution in [0.2, 0.25) is 0 Å². The fourth-order valence-corrected chi connectivity index (χ4v) is 2.74. The van der Waals surface area contributed by atoms with Crippen molar-refractivity contribution in [1.29, 1.82) is 0 Å². The second-order valence-electron chi connectivity index (χ2n) is 5.45. The van der Waals surface area contributed by atoms with E-state index in [1.807, 2.05) is 12.1 Å². The maximum Gasteiger partial charge on any atom is 0.336 e. The van der Waals surface area contributed by atoms with E-state index in [-0.39, 0.29) is 0 Å². The Morgan fingerprint density at radius 2 is 1.87 bits per heavy atom. The molecule has 5 nitrogen and oxygen atoms in total. The molecule has 0 bridgehead atoms. The van der Waals surface area contributed by atoms with Gasteiger partial charge in [-0.15, -0.1) is 0 Å². The normalized spacial score (nSPS) is 11.6. The third-order valence-electron chi connectivity index (χ3n) is 4.04. The summed E-state index contributed by atoms with van der Waals surface area (Å²) in [7, 11) is 0. The molecule has 0 fully saturated rings. The SMILES string of the molecule is CCN(CC)CCCOc1c2occc2cc2ccc(=O)oc12. The van der Waals surface area contributed by atoms with Gasteiger partial charge in [0.25, 0.3) is 0 Å². The van der Waals surface area contributed by atoms with E-state index in [0.717, 1.165) is 36.8 Å². The highest BCUT2D eigenvalue weighted by Crippen LogP contribution is 2.34. The number of hydrogen-bond acceptors (Lipinski definition) is 5. The van der Waals surface area contributed by atoms with E-state index in [2.05, 4.69) is 18.7 Å². The van der Waals surface area contributed by atoms with Gasteiger partial charge in [0.05, 0.1) is 12.9 Å². The largest absolute Gasteiger partial charge is 0.486 e. The van der Waals surface area contributed by atoms with Crippen molar-refractivity contribution in [1.82, 2.24) is 4.90 Å². The molecule has 0 N–H and O–H groups in total. The van der Waals surface area contributed by atoms with Gasteiger partial charge in [0.1, 0.15) is 0 Å². The Kier molecular flexibility index (Phi) is 4.67. The highest BCUT2D eigenvalue weighted by atomic mass is 16.5. The molecule has 0 aliphatic heterocycles. The molecule has 0 saturated heterocycles. The molecule has 122 valence electrons. The molecule has 3 aromatic rings. The first-order chi connectivity index (χ1) is 11.2. The summed E-state index contributed by atoms with van der Waals surface area (Å²) < 4.78 is 16.8. The van der Waals surface area contributed by atoms with Crippen LogP contribution in [0.1, 0.15) is 20.3 Å². The van der Waals surface area contributed by atoms with Gasteiger partial charge in [-0.2, -0.15) is 0 Å². The molecule has 2 heterocycles. The number of fused-ring (bicyclic) bond motifs is 2. The summed E-state index contributed by atoms with van der Waals surface area (Å²) in [6, 6.07) is 6.97. The van der Waals surface area contributed by atoms with E-state index in [4.69, 9.17) is 13.6 Å². The second-order valence-corrected chi connectivity index (χ2v) is 5.45. The highest BCUT2D eigenvalue weighted by Gasteiger charge is 2.14. The van der Waals surface area contributed by atoms with E-state index >= 15 is 0 Å². The van der Waals surface area contributed by atoms with Gasteiger partial charge in [0, 0.05) is 23.4 Å². The van der Waals surface area contributed by atoms with Crippen LogP contribution in [0.25, 0.3) is 21.9 Å². The Balaban J connectivity index is 1.86. The van der Waals surface area contributed by atoms with Crippen molar-refractivity contribution < 1.29 is 13.6 Å². The lowest BCUT2D eigenvalue weighted by Crippen LogP contribution is -2.25. The molecule has 0 spiro atoms. The minimum atomic E-state index is -0.392. The van der Waals surface area contributed by atoms with Crippen LogP contribution in [0.15, 0.2) is 44.2 Å². The number of hydrogen-bond donors (Lipinski definition) is 0. The first kappa shape index (κ1) is 15.6. The van der Waals surface area contributed by atoms with Crippen LogP contribution in [0.3, 0.4) is 0 Å². The van der Waals surface area contributed by atoms with Crippen molar-refractivity contribution in [2.75, 3.05) is 26.2 Å². The number of nitrogens with zero attached hydrogens (tertiary/aromatic N) is 1. The molecule has 5 heteroatoms. The number of benzene rings is 1. The first-order valence-corrected chi connectivity index (χ1v) is 8.02. The summed E-state index contributed by atoms with van der Waals surface area (Å²) in [5.41, 5.74) is 0.675. The molecule has 0 saturated carbocycles. The summed E-state index contributed by atoms with van der Waals surface area (Å²) >= 11 is 0. The van der Waals surface area contributed by atoms with E-state index < -0.39 is 5.63 Å². The quantitative estimate of drug-likeness (QED) is 0.492. The summed E-state index contributed by atoms with van der Waals surface area (Å²) in [5.74, 6) is 0.514. The Hall–Kier alpha value is -2.27. The van der Waals surface area contributed by atoms with Gasteiger partial charge in [-0.05, 0) is 37.7 Å². The molecule has 1 aromatic carbocycles. The topological polar surface area (TPSA) is 55.8 Å². The van der Waals surface area contributed by atoms with Crippen LogP contribution >= 0.6 is 0 Å². The van der Waals surface area contributed by atoms with Crippen LogP contribution < -0.4 is 10.4 Å². The van der Waals surface area contributed by atoms with Crippen molar-refractivity contribution in [3.8, 4) is 5.75 Å². The van der Waals surface area contributed by atoms with Crippen LogP contribution in [-0.2, 0) is 0 Å². The van der Waals surface area contributed by atoms with Gasteiger partial charge < -0.3 is 18.5 Å². The number of ether oxygens (including phenoxy) is 1. The molecule has 0 unspecified atom stereocenters. The monoisotopic (exact) mass is 315 g/mol. The third-order valence-corrected chi connectivity index (χ3v) is 4.04. The van der Waals surface area contributed by atoms with Crippen LogP contribution in [0.5, 0.6) is 5.75 Å². The van der Waals surface area contributed by atoms with Gasteiger partial charge in [-0.1, -0.05) is 13.8 Å². The van der Waals surface area contributed by atoms with E-state index in [9.17, 15) is 4.79 Å². The van der Waals surface area contributed by atoms with Crippen molar-refractivity contribution in [3.05, 3.63) is 40.9 Å². The van der Waals surface area contributed by atoms with E-state index in [0.29, 0.717) is 23.5 Å². The summed E-state index contributed by atoms with van der Waals surface area (Å²) in [6.07, 6.45) is 2.52. The van der Waals surface area contributed by atoms with Crippen LogP contribution in [-0.4, -0.2) is 31.1 Å². The molecule has 0 amide bonds. The van der Waals surface area contributed by atoms with Crippen LogP contribution in [0, 0.1) is 0 Å². The maximum absolute atomic E-state index is 11.5. The molecular formula is C18H21NO4. The van der Waals surface area contributed by atoms with Gasteiger partial charge >= 0.3 is 5.63 Å². The van der Waals surface area contributed by atoms with E-state index in [1.165, 1.54) is 6.07 Å². The van der Waals surface area contributed by atoms with Crippen LogP contribution in [0.4, 0.5) is 0 Å². The fraction of sp³-hybridized carbons (Fsp3) is 0.389. The lowest BCUT2D eigenvalue weighted by Gasteiger charge is -2.17. The standard InChI is InChI=1S/C18H21NO4/c1-3-19(4-2)9-5-10-21-18-16-14(8-11-22-16)12-13-6-7-15(20)23-17(13)18/h6-8,11-12H,3-5,9-10H2,1-2H3. The Morgan fingerprint density at radius 1 is 1.09 bits per heavy atom. The van der Waals surface area contributed by atoms with Gasteiger partial charge in [-0.3, -0.25) is 0 Å². The van der Waals surface area contributed by atoms with Gasteiger partial charge in [0.15, 0.2) is 11.2 Å². The molecule has 23 heavy (non-hydrogen) atoms. The average molecular weight is 315 g/mol.